The Balaban J connectivity index is 0.00000264. The Morgan fingerprint density at radius 2 is 1.38 bits per heavy atom. The second kappa shape index (κ2) is 9.64. The molecule has 0 aromatic heterocycles. The van der Waals surface area contributed by atoms with E-state index in [2.05, 4.69) is 33.2 Å². The summed E-state index contributed by atoms with van der Waals surface area (Å²) in [5, 5.41) is 0. The molecule has 0 fully saturated rings. The van der Waals surface area contributed by atoms with E-state index in [1.54, 1.807) is 0 Å². The number of para-hydroxylation sites is 1. The van der Waals surface area contributed by atoms with Crippen LogP contribution >= 0.6 is 0 Å². The summed E-state index contributed by atoms with van der Waals surface area (Å²) >= 11 is 0. The zero-order valence-corrected chi connectivity index (χ0v) is 15.6. The number of benzene rings is 2. The molecule has 0 heterocycles. The van der Waals surface area contributed by atoms with Gasteiger partial charge in [0.25, 0.3) is 0 Å². The minimum Gasteiger partial charge on any atom is -1.00 e. The Morgan fingerprint density at radius 1 is 0.875 bits per heavy atom. The summed E-state index contributed by atoms with van der Waals surface area (Å²) in [5.41, 5.74) is 1.02. The van der Waals surface area contributed by atoms with Gasteiger partial charge in [-0.15, -0.1) is 0 Å². The average molecular weight is 354 g/mol. The van der Waals surface area contributed by atoms with Crippen LogP contribution < -0.4 is 17.1 Å². The summed E-state index contributed by atoms with van der Waals surface area (Å²) in [6.45, 7) is 5.60. The van der Waals surface area contributed by atoms with E-state index in [-0.39, 0.29) is 17.9 Å². The maximum absolute atomic E-state index is 6.43. The third kappa shape index (κ3) is 4.48. The Labute approximate surface area is 151 Å². The molecule has 1 atom stereocenters. The second-order valence-electron chi connectivity index (χ2n) is 5.80. The van der Waals surface area contributed by atoms with Gasteiger partial charge in [0.1, 0.15) is 5.75 Å². The van der Waals surface area contributed by atoms with Crippen molar-refractivity contribution in [1.82, 2.24) is 0 Å². The number of rotatable bonds is 7. The van der Waals surface area contributed by atoms with Gasteiger partial charge in [0, 0.05) is 0 Å². The van der Waals surface area contributed by atoms with E-state index >= 15 is 0 Å². The van der Waals surface area contributed by atoms with E-state index in [9.17, 15) is 0 Å². The maximum Gasteiger partial charge on any atom is 0.389 e. The van der Waals surface area contributed by atoms with E-state index < -0.39 is 5.91 Å². The van der Waals surface area contributed by atoms with Crippen molar-refractivity contribution < 1.29 is 31.8 Å². The Morgan fingerprint density at radius 3 is 1.83 bits per heavy atom. The first-order chi connectivity index (χ1) is 10.6. The zero-order chi connectivity index (χ0) is 16.1. The lowest BCUT2D eigenvalue weighted by atomic mass is 10.1. The number of hydrogen-bond acceptors (Lipinski definition) is 2. The molecule has 1 unspecified atom stereocenters. The van der Waals surface area contributed by atoms with Crippen LogP contribution in [-0.2, 0) is 10.6 Å². The molecule has 4 nitrogen and oxygen atoms in total. The van der Waals surface area contributed by atoms with Gasteiger partial charge < -0.3 is 22.6 Å². The molecule has 0 spiro atoms. The molecule has 0 aliphatic heterocycles. The molecular formula is C19H28ClNO3. The molecule has 0 amide bonds. The quantitative estimate of drug-likeness (QED) is 0.527. The summed E-state index contributed by atoms with van der Waals surface area (Å²) in [5.74, 6) is -0.0639. The number of halogens is 1. The molecular weight excluding hydrogens is 326 g/mol. The van der Waals surface area contributed by atoms with Crippen molar-refractivity contribution in [3.05, 3.63) is 66.2 Å². The van der Waals surface area contributed by atoms with Crippen molar-refractivity contribution in [3.8, 4) is 5.75 Å². The van der Waals surface area contributed by atoms with Crippen LogP contribution in [0.4, 0.5) is 0 Å². The number of quaternary nitrogens is 1. The Bertz CT molecular complexity index is 578. The van der Waals surface area contributed by atoms with Gasteiger partial charge in [-0.1, -0.05) is 36.4 Å². The highest BCUT2D eigenvalue weighted by atomic mass is 35.5. The van der Waals surface area contributed by atoms with Crippen molar-refractivity contribution in [1.29, 1.82) is 0 Å². The van der Waals surface area contributed by atoms with Crippen molar-refractivity contribution in [2.75, 3.05) is 27.2 Å². The number of nitrogens with zero attached hydrogens (tertiary/aromatic N) is 1. The minimum absolute atomic E-state index is 0. The minimum atomic E-state index is -0.869. The first-order valence-electron chi connectivity index (χ1n) is 7.82. The molecule has 0 saturated carbocycles. The molecule has 2 N–H and O–H groups in total. The molecule has 0 saturated heterocycles. The molecule has 2 rings (SSSR count). The lowest BCUT2D eigenvalue weighted by Gasteiger charge is -2.45. The Kier molecular flexibility index (Phi) is 9.01. The van der Waals surface area contributed by atoms with Crippen molar-refractivity contribution in [3.63, 3.8) is 0 Å². The van der Waals surface area contributed by atoms with Gasteiger partial charge in [0.05, 0.1) is 32.8 Å². The highest BCUT2D eigenvalue weighted by molar-refractivity contribution is 5.25. The Hall–Kier alpha value is -1.59. The van der Waals surface area contributed by atoms with Crippen LogP contribution in [0.3, 0.4) is 0 Å². The smallest absolute Gasteiger partial charge is 0.389 e. The normalized spacial score (nSPS) is 13.2. The van der Waals surface area contributed by atoms with E-state index in [0.29, 0.717) is 11.1 Å². The van der Waals surface area contributed by atoms with Crippen LogP contribution in [0.25, 0.3) is 0 Å². The fourth-order valence-electron chi connectivity index (χ4n) is 2.52. The van der Waals surface area contributed by atoms with Crippen molar-refractivity contribution in [2.24, 2.45) is 0 Å². The number of ether oxygens (including phenoxy) is 2. The van der Waals surface area contributed by atoms with Gasteiger partial charge in [0.2, 0.25) is 0 Å². The molecule has 2 aromatic rings. The SMILES string of the molecule is CCOC(Oc1ccccc1)(c1ccccc1)[N+](C)(C)CC.O.[Cl-]. The summed E-state index contributed by atoms with van der Waals surface area (Å²) in [4.78, 5) is 0. The van der Waals surface area contributed by atoms with Crippen LogP contribution in [0.5, 0.6) is 5.75 Å². The van der Waals surface area contributed by atoms with E-state index in [4.69, 9.17) is 9.47 Å². The van der Waals surface area contributed by atoms with Gasteiger partial charge in [0.15, 0.2) is 0 Å². The molecule has 0 aliphatic rings. The van der Waals surface area contributed by atoms with Gasteiger partial charge in [-0.3, -0.25) is 9.22 Å². The third-order valence-corrected chi connectivity index (χ3v) is 4.07. The van der Waals surface area contributed by atoms with Crippen LogP contribution in [0.15, 0.2) is 60.7 Å². The lowest BCUT2D eigenvalue weighted by Crippen LogP contribution is -3.00. The molecule has 2 aromatic carbocycles. The summed E-state index contributed by atoms with van der Waals surface area (Å²) < 4.78 is 13.2. The predicted molar refractivity (Wildman–Crippen MR) is 93.1 cm³/mol. The van der Waals surface area contributed by atoms with Crippen molar-refractivity contribution in [2.45, 2.75) is 19.8 Å². The molecule has 0 bridgehead atoms. The van der Waals surface area contributed by atoms with Gasteiger partial charge in [-0.05, 0) is 38.1 Å². The lowest BCUT2D eigenvalue weighted by molar-refractivity contribution is -1.000. The monoisotopic (exact) mass is 353 g/mol. The largest absolute Gasteiger partial charge is 1.00 e. The van der Waals surface area contributed by atoms with E-state index in [1.165, 1.54) is 0 Å². The van der Waals surface area contributed by atoms with Crippen LogP contribution in [0.1, 0.15) is 19.4 Å². The van der Waals surface area contributed by atoms with Crippen molar-refractivity contribution >= 4 is 0 Å². The first kappa shape index (κ1) is 22.4. The standard InChI is InChI=1S/C19H26NO2.ClH.H2O/c1-5-20(3,4)19(21-6-2,17-13-9-7-10-14-17)22-18-15-11-8-12-16-18;;/h7-16H,5-6H2,1-4H3;1H;1H2/q+1;;/p-1. The fraction of sp³-hybridized carbons (Fsp3) is 0.368. The maximum atomic E-state index is 6.43. The number of hydrogen-bond donors (Lipinski definition) is 0. The van der Waals surface area contributed by atoms with Crippen LogP contribution in [0, 0.1) is 0 Å². The third-order valence-electron chi connectivity index (χ3n) is 4.07. The summed E-state index contributed by atoms with van der Waals surface area (Å²) in [6.07, 6.45) is 0. The molecule has 24 heavy (non-hydrogen) atoms. The van der Waals surface area contributed by atoms with Gasteiger partial charge >= 0.3 is 5.91 Å². The molecule has 134 valence electrons. The zero-order valence-electron chi connectivity index (χ0n) is 14.8. The second-order valence-corrected chi connectivity index (χ2v) is 5.80. The van der Waals surface area contributed by atoms with E-state index in [0.717, 1.165) is 17.9 Å². The molecule has 5 heteroatoms. The molecule has 0 radical (unpaired) electrons. The first-order valence-corrected chi connectivity index (χ1v) is 7.82. The summed E-state index contributed by atoms with van der Waals surface area (Å²) in [7, 11) is 4.26. The summed E-state index contributed by atoms with van der Waals surface area (Å²) in [6, 6.07) is 20.0. The predicted octanol–water partition coefficient (Wildman–Crippen LogP) is 0.188. The average Bonchev–Trinajstić information content (AvgIpc) is 2.56. The topological polar surface area (TPSA) is 50.0 Å². The molecule has 0 aliphatic carbocycles. The highest BCUT2D eigenvalue weighted by Crippen LogP contribution is 2.36. The highest BCUT2D eigenvalue weighted by Gasteiger charge is 2.51. The van der Waals surface area contributed by atoms with E-state index in [1.807, 2.05) is 55.5 Å². The fourth-order valence-corrected chi connectivity index (χ4v) is 2.52. The van der Waals surface area contributed by atoms with Crippen LogP contribution in [-0.4, -0.2) is 37.2 Å². The van der Waals surface area contributed by atoms with Gasteiger partial charge in [-0.2, -0.15) is 0 Å². The van der Waals surface area contributed by atoms with Gasteiger partial charge in [-0.25, -0.2) is 0 Å². The van der Waals surface area contributed by atoms with Crippen LogP contribution in [0.2, 0.25) is 0 Å².